The van der Waals surface area contributed by atoms with Crippen molar-refractivity contribution in [1.29, 1.82) is 0 Å². The second-order valence-corrected chi connectivity index (χ2v) is 7.77. The van der Waals surface area contributed by atoms with Gasteiger partial charge >= 0.3 is 11.9 Å². The summed E-state index contributed by atoms with van der Waals surface area (Å²) in [4.78, 5) is 40.5. The van der Waals surface area contributed by atoms with Crippen LogP contribution in [-0.4, -0.2) is 60.7 Å². The first-order valence-corrected chi connectivity index (χ1v) is 9.75. The van der Waals surface area contributed by atoms with Gasteiger partial charge in [-0.3, -0.25) is 24.5 Å². The molecule has 5 N–H and O–H groups in total. The second-order valence-electron chi connectivity index (χ2n) is 6.68. The number of hydrogen-bond acceptors (Lipinski definition) is 7. The summed E-state index contributed by atoms with van der Waals surface area (Å²) in [5, 5.41) is 48.8. The van der Waals surface area contributed by atoms with Crippen LogP contribution in [0, 0.1) is 22.0 Å². The molecule has 0 heterocycles. The van der Waals surface area contributed by atoms with Gasteiger partial charge in [0.1, 0.15) is 6.10 Å². The van der Waals surface area contributed by atoms with E-state index in [4.69, 9.17) is 38.5 Å². The Morgan fingerprint density at radius 2 is 1.65 bits per heavy atom. The molecule has 1 rings (SSSR count). The van der Waals surface area contributed by atoms with E-state index >= 15 is 0 Å². The maximum Gasteiger partial charge on any atom is 0.307 e. The summed E-state index contributed by atoms with van der Waals surface area (Å²) in [7, 11) is 0. The molecule has 1 aromatic rings. The van der Waals surface area contributed by atoms with Gasteiger partial charge in [0.2, 0.25) is 0 Å². The van der Waals surface area contributed by atoms with Gasteiger partial charge in [0, 0.05) is 12.1 Å². The first-order chi connectivity index (χ1) is 14.3. The summed E-state index contributed by atoms with van der Waals surface area (Å²) < 4.78 is 0. The molecule has 0 fully saturated rings. The molecule has 0 aromatic heterocycles. The van der Waals surface area contributed by atoms with Crippen LogP contribution in [0.15, 0.2) is 24.3 Å². The Bertz CT molecular complexity index is 757. The van der Waals surface area contributed by atoms with Crippen molar-refractivity contribution >= 4 is 46.7 Å². The topological polar surface area (TPSA) is 187 Å². The molecule has 0 aliphatic heterocycles. The molecule has 11 nitrogen and oxygen atoms in total. The molecule has 3 atom stereocenters. The number of carbonyl (C=O) groups is 3. The summed E-state index contributed by atoms with van der Waals surface area (Å²) in [6.07, 6.45) is -1.55. The maximum atomic E-state index is 11.3. The quantitative estimate of drug-likeness (QED) is 0.188. The summed E-state index contributed by atoms with van der Waals surface area (Å²) >= 11 is 10.7. The Labute approximate surface area is 187 Å². The van der Waals surface area contributed by atoms with Crippen molar-refractivity contribution < 1.29 is 39.7 Å². The number of nitrogens with one attached hydrogen (secondary N) is 1. The van der Waals surface area contributed by atoms with E-state index in [1.807, 2.05) is 0 Å². The molecule has 13 heteroatoms. The number of carboxylic acids is 2. The number of nitrogens with zero attached hydrogens (tertiary/aromatic N) is 1. The van der Waals surface area contributed by atoms with E-state index in [-0.39, 0.29) is 18.0 Å². The zero-order valence-electron chi connectivity index (χ0n) is 16.6. The summed E-state index contributed by atoms with van der Waals surface area (Å²) in [6, 6.07) is 4.05. The Kier molecular flexibility index (Phi) is 12.7. The zero-order chi connectivity index (χ0) is 24.3. The van der Waals surface area contributed by atoms with E-state index < -0.39 is 52.3 Å². The number of alkyl halides is 2. The first-order valence-electron chi connectivity index (χ1n) is 8.88. The predicted octanol–water partition coefficient (Wildman–Crippen LogP) is 1.73. The zero-order valence-corrected chi connectivity index (χ0v) is 18.2. The normalized spacial score (nSPS) is 13.5. The van der Waals surface area contributed by atoms with Crippen LogP contribution in [0.1, 0.15) is 31.9 Å². The van der Waals surface area contributed by atoms with Gasteiger partial charge in [-0.15, -0.1) is 0 Å². The van der Waals surface area contributed by atoms with Crippen molar-refractivity contribution in [3.8, 4) is 0 Å². The molecule has 1 unspecified atom stereocenters. The van der Waals surface area contributed by atoms with Gasteiger partial charge in [0.05, 0.1) is 29.9 Å². The van der Waals surface area contributed by atoms with Crippen molar-refractivity contribution in [2.75, 3.05) is 6.61 Å². The minimum absolute atomic E-state index is 0.132. The van der Waals surface area contributed by atoms with Crippen LogP contribution in [-0.2, 0) is 14.4 Å². The number of hydrogen-bond donors (Lipinski definition) is 5. The number of carboxylic acid groups (broad SMARTS) is 2. The van der Waals surface area contributed by atoms with Crippen LogP contribution < -0.4 is 5.32 Å². The van der Waals surface area contributed by atoms with E-state index in [1.165, 1.54) is 24.3 Å². The van der Waals surface area contributed by atoms with Crippen LogP contribution in [0.3, 0.4) is 0 Å². The van der Waals surface area contributed by atoms with Crippen molar-refractivity contribution in [3.05, 3.63) is 39.9 Å². The highest BCUT2D eigenvalue weighted by molar-refractivity contribution is 6.53. The minimum atomic E-state index is -1.33. The van der Waals surface area contributed by atoms with Gasteiger partial charge in [0.15, 0.2) is 4.84 Å². The smallest absolute Gasteiger partial charge is 0.307 e. The highest BCUT2D eigenvalue weighted by atomic mass is 35.5. The summed E-state index contributed by atoms with van der Waals surface area (Å²) in [5.74, 6) is -3.77. The van der Waals surface area contributed by atoms with Crippen LogP contribution in [0.25, 0.3) is 0 Å². The maximum absolute atomic E-state index is 11.3. The van der Waals surface area contributed by atoms with Gasteiger partial charge in [-0.1, -0.05) is 37.0 Å². The summed E-state index contributed by atoms with van der Waals surface area (Å²) in [6.45, 7) is 2.84. The lowest BCUT2D eigenvalue weighted by atomic mass is 9.93. The Hall–Kier alpha value is -2.47. The Morgan fingerprint density at radius 3 is 1.94 bits per heavy atom. The fourth-order valence-electron chi connectivity index (χ4n) is 2.29. The summed E-state index contributed by atoms with van der Waals surface area (Å²) in [5.41, 5.74) is 0.169. The second kappa shape index (κ2) is 13.8. The highest BCUT2D eigenvalue weighted by Gasteiger charge is 2.25. The number of aliphatic carboxylic acids is 2. The SMILES string of the molecule is CC(C)C(CC(=O)O)C(=O)O.O=C(N[C@H](CO)[C@H](O)c1ccc([N+](=O)[O-])cc1)C(Cl)Cl. The van der Waals surface area contributed by atoms with E-state index in [9.17, 15) is 29.6 Å². The molecule has 0 aliphatic carbocycles. The van der Waals surface area contributed by atoms with Crippen LogP contribution in [0.4, 0.5) is 5.69 Å². The van der Waals surface area contributed by atoms with Crippen molar-refractivity contribution in [1.82, 2.24) is 5.32 Å². The largest absolute Gasteiger partial charge is 0.481 e. The third-order valence-corrected chi connectivity index (χ3v) is 4.46. The first kappa shape index (κ1) is 28.5. The standard InChI is InChI=1S/C11H12Cl2N2O5.C7H12O4/c12-10(13)11(18)14-8(5-16)9(17)6-1-3-7(4-2-6)15(19)20;1-4(2)5(7(10)11)3-6(8)9/h1-4,8-10,16-17H,5H2,(H,14,18);4-5H,3H2,1-2H3,(H,8,9)(H,10,11)/t8-,9-;/m1./s1. The fourth-order valence-corrected chi connectivity index (χ4v) is 2.42. The lowest BCUT2D eigenvalue weighted by Crippen LogP contribution is -2.44. The highest BCUT2D eigenvalue weighted by Crippen LogP contribution is 2.21. The number of halogens is 2. The molecule has 1 amide bonds. The molecule has 0 bridgehead atoms. The van der Waals surface area contributed by atoms with Gasteiger partial charge in [-0.2, -0.15) is 0 Å². The van der Waals surface area contributed by atoms with E-state index in [1.54, 1.807) is 13.8 Å². The number of nitro benzene ring substituents is 1. The average Bonchev–Trinajstić information content (AvgIpc) is 2.69. The van der Waals surface area contributed by atoms with Crippen molar-refractivity contribution in [2.24, 2.45) is 11.8 Å². The number of aliphatic hydroxyl groups excluding tert-OH is 2. The lowest BCUT2D eigenvalue weighted by molar-refractivity contribution is -0.384. The molecular formula is C18H24Cl2N2O9. The van der Waals surface area contributed by atoms with Gasteiger partial charge in [0.25, 0.3) is 11.6 Å². The number of amides is 1. The van der Waals surface area contributed by atoms with E-state index in [0.717, 1.165) is 0 Å². The van der Waals surface area contributed by atoms with Gasteiger partial charge in [-0.25, -0.2) is 0 Å². The molecule has 0 saturated carbocycles. The van der Waals surface area contributed by atoms with Gasteiger partial charge in [-0.05, 0) is 23.6 Å². The monoisotopic (exact) mass is 482 g/mol. The number of nitro groups is 1. The number of benzene rings is 1. The number of carbonyl (C=O) groups excluding carboxylic acids is 1. The van der Waals surface area contributed by atoms with Crippen molar-refractivity contribution in [3.63, 3.8) is 0 Å². The molecule has 0 aliphatic rings. The van der Waals surface area contributed by atoms with Gasteiger partial charge < -0.3 is 25.7 Å². The molecule has 0 saturated heterocycles. The fraction of sp³-hybridized carbons (Fsp3) is 0.500. The average molecular weight is 483 g/mol. The third kappa shape index (κ3) is 10.4. The molecule has 31 heavy (non-hydrogen) atoms. The van der Waals surface area contributed by atoms with E-state index in [0.29, 0.717) is 5.56 Å². The predicted molar refractivity (Wildman–Crippen MR) is 111 cm³/mol. The molecule has 1 aromatic carbocycles. The number of aliphatic hydroxyl groups is 2. The number of non-ortho nitro benzene ring substituents is 1. The van der Waals surface area contributed by atoms with E-state index in [2.05, 4.69) is 5.32 Å². The van der Waals surface area contributed by atoms with Crippen LogP contribution in [0.2, 0.25) is 0 Å². The van der Waals surface area contributed by atoms with Crippen LogP contribution >= 0.6 is 23.2 Å². The molecule has 0 spiro atoms. The molecule has 0 radical (unpaired) electrons. The lowest BCUT2D eigenvalue weighted by Gasteiger charge is -2.22. The molecular weight excluding hydrogens is 459 g/mol. The minimum Gasteiger partial charge on any atom is -0.481 e. The van der Waals surface area contributed by atoms with Crippen molar-refractivity contribution in [2.45, 2.75) is 37.3 Å². The Morgan fingerprint density at radius 1 is 1.13 bits per heavy atom. The van der Waals surface area contributed by atoms with Crippen LogP contribution in [0.5, 0.6) is 0 Å². The third-order valence-electron chi connectivity index (χ3n) is 4.07. The number of rotatable bonds is 10. The molecule has 174 valence electrons. The Balaban J connectivity index is 0.000000695.